The van der Waals surface area contributed by atoms with Crippen LogP contribution in [0.25, 0.3) is 0 Å². The maximum absolute atomic E-state index is 11.7. The Kier molecular flexibility index (Phi) is 6.80. The van der Waals surface area contributed by atoms with Gasteiger partial charge in [0.1, 0.15) is 0 Å². The number of methoxy groups -OCH3 is 1. The van der Waals surface area contributed by atoms with E-state index < -0.39 is 5.97 Å². The fourth-order valence-corrected chi connectivity index (χ4v) is 2.44. The van der Waals surface area contributed by atoms with Gasteiger partial charge in [-0.05, 0) is 13.8 Å². The first-order valence-corrected chi connectivity index (χ1v) is 7.26. The molecule has 0 bridgehead atoms. The lowest BCUT2D eigenvalue weighted by atomic mass is 10.3. The molecule has 0 saturated carbocycles. The number of amides is 1. The molecule has 7 nitrogen and oxygen atoms in total. The van der Waals surface area contributed by atoms with Gasteiger partial charge in [-0.25, -0.2) is 4.98 Å². The third-order valence-electron chi connectivity index (χ3n) is 2.53. The van der Waals surface area contributed by atoms with Gasteiger partial charge in [-0.1, -0.05) is 0 Å². The highest BCUT2D eigenvalue weighted by Crippen LogP contribution is 2.23. The molecule has 0 spiro atoms. The largest absolute Gasteiger partial charge is 0.469 e. The van der Waals surface area contributed by atoms with E-state index >= 15 is 0 Å². The van der Waals surface area contributed by atoms with Crippen LogP contribution in [0.2, 0.25) is 0 Å². The molecule has 0 unspecified atom stereocenters. The maximum Gasteiger partial charge on any atom is 0.310 e. The molecule has 0 radical (unpaired) electrons. The highest BCUT2D eigenvalue weighted by Gasteiger charge is 2.14. The molecule has 0 aliphatic carbocycles. The summed E-state index contributed by atoms with van der Waals surface area (Å²) in [5.41, 5.74) is 0.672. The minimum Gasteiger partial charge on any atom is -0.469 e. The molecular formula is C13H18N2O5S. The van der Waals surface area contributed by atoms with Gasteiger partial charge in [0.15, 0.2) is 5.13 Å². The number of carbonyl (C=O) groups is 3. The van der Waals surface area contributed by atoms with Crippen molar-refractivity contribution in [3.05, 3.63) is 10.6 Å². The van der Waals surface area contributed by atoms with Crippen LogP contribution in [0.15, 0.2) is 0 Å². The van der Waals surface area contributed by atoms with Gasteiger partial charge in [-0.3, -0.25) is 14.4 Å². The molecule has 0 saturated heterocycles. The summed E-state index contributed by atoms with van der Waals surface area (Å²) in [5, 5.41) is 3.00. The number of esters is 2. The van der Waals surface area contributed by atoms with Crippen molar-refractivity contribution in [1.82, 2.24) is 4.98 Å². The molecule has 21 heavy (non-hydrogen) atoms. The van der Waals surface area contributed by atoms with Crippen molar-refractivity contribution < 1.29 is 23.9 Å². The molecular weight excluding hydrogens is 296 g/mol. The zero-order valence-corrected chi connectivity index (χ0v) is 13.0. The fourth-order valence-electron chi connectivity index (χ4n) is 1.48. The normalized spacial score (nSPS) is 10.0. The monoisotopic (exact) mass is 314 g/mol. The first-order valence-electron chi connectivity index (χ1n) is 6.44. The number of hydrogen-bond donors (Lipinski definition) is 1. The van der Waals surface area contributed by atoms with Crippen molar-refractivity contribution in [3.63, 3.8) is 0 Å². The second-order valence-corrected chi connectivity index (χ2v) is 5.22. The minimum atomic E-state index is -0.408. The van der Waals surface area contributed by atoms with Crippen LogP contribution >= 0.6 is 11.3 Å². The van der Waals surface area contributed by atoms with Gasteiger partial charge < -0.3 is 14.8 Å². The number of carbonyl (C=O) groups excluding carboxylic acids is 3. The van der Waals surface area contributed by atoms with Crippen molar-refractivity contribution in [2.24, 2.45) is 0 Å². The highest BCUT2D eigenvalue weighted by atomic mass is 32.1. The van der Waals surface area contributed by atoms with E-state index in [1.165, 1.54) is 18.4 Å². The Morgan fingerprint density at radius 2 is 1.95 bits per heavy atom. The van der Waals surface area contributed by atoms with E-state index in [2.05, 4.69) is 15.0 Å². The van der Waals surface area contributed by atoms with Crippen LogP contribution < -0.4 is 5.32 Å². The Morgan fingerprint density at radius 3 is 2.57 bits per heavy atom. The second-order valence-electron chi connectivity index (χ2n) is 4.13. The van der Waals surface area contributed by atoms with Gasteiger partial charge in [-0.2, -0.15) is 0 Å². The molecule has 0 aromatic carbocycles. The molecule has 1 aromatic heterocycles. The Balaban J connectivity index is 2.51. The number of ether oxygens (including phenoxy) is 2. The molecule has 1 aromatic rings. The van der Waals surface area contributed by atoms with Crippen molar-refractivity contribution >= 4 is 34.3 Å². The van der Waals surface area contributed by atoms with E-state index in [0.29, 0.717) is 17.4 Å². The number of hydrogen-bond acceptors (Lipinski definition) is 7. The van der Waals surface area contributed by atoms with Crippen LogP contribution in [0, 0.1) is 6.92 Å². The lowest BCUT2D eigenvalue weighted by Gasteiger charge is -2.02. The summed E-state index contributed by atoms with van der Waals surface area (Å²) in [6, 6.07) is 0. The molecule has 1 amide bonds. The van der Waals surface area contributed by atoms with E-state index in [1.807, 2.05) is 0 Å². The highest BCUT2D eigenvalue weighted by molar-refractivity contribution is 7.16. The molecule has 1 heterocycles. The van der Waals surface area contributed by atoms with Gasteiger partial charge in [0.2, 0.25) is 5.91 Å². The van der Waals surface area contributed by atoms with Gasteiger partial charge in [0.05, 0.1) is 32.3 Å². The van der Waals surface area contributed by atoms with Crippen molar-refractivity contribution in [1.29, 1.82) is 0 Å². The predicted molar refractivity (Wildman–Crippen MR) is 77.1 cm³/mol. The Labute approximate surface area is 126 Å². The van der Waals surface area contributed by atoms with Gasteiger partial charge in [0.25, 0.3) is 0 Å². The topological polar surface area (TPSA) is 94.6 Å². The van der Waals surface area contributed by atoms with Crippen LogP contribution in [0.4, 0.5) is 5.13 Å². The number of aromatic nitrogens is 1. The van der Waals surface area contributed by atoms with Crippen molar-refractivity contribution in [2.45, 2.75) is 33.1 Å². The zero-order chi connectivity index (χ0) is 15.8. The Morgan fingerprint density at radius 1 is 1.24 bits per heavy atom. The summed E-state index contributed by atoms with van der Waals surface area (Å²) in [5.74, 6) is -1.09. The maximum atomic E-state index is 11.7. The predicted octanol–water partition coefficient (Wildman–Crippen LogP) is 1.45. The number of rotatable bonds is 7. The molecule has 0 atom stereocenters. The second kappa shape index (κ2) is 8.35. The molecule has 0 aliphatic rings. The number of anilines is 1. The Bertz CT molecular complexity index is 527. The van der Waals surface area contributed by atoms with E-state index in [0.717, 1.165) is 4.88 Å². The van der Waals surface area contributed by atoms with Gasteiger partial charge in [-0.15, -0.1) is 11.3 Å². The lowest BCUT2D eigenvalue weighted by Crippen LogP contribution is -2.14. The number of nitrogens with one attached hydrogen (secondary N) is 1. The van der Waals surface area contributed by atoms with E-state index in [9.17, 15) is 14.4 Å². The lowest BCUT2D eigenvalue weighted by molar-refractivity contribution is -0.144. The van der Waals surface area contributed by atoms with Crippen LogP contribution in [-0.4, -0.2) is 36.5 Å². The summed E-state index contributed by atoms with van der Waals surface area (Å²) in [6.07, 6.45) is 0.182. The molecule has 1 N–H and O–H groups in total. The quantitative estimate of drug-likeness (QED) is 0.765. The average Bonchev–Trinajstić information content (AvgIpc) is 2.76. The third-order valence-corrected chi connectivity index (χ3v) is 3.61. The summed E-state index contributed by atoms with van der Waals surface area (Å²) < 4.78 is 9.33. The third kappa shape index (κ3) is 5.90. The fraction of sp³-hybridized carbons (Fsp3) is 0.538. The van der Waals surface area contributed by atoms with Gasteiger partial charge >= 0.3 is 11.9 Å². The van der Waals surface area contributed by atoms with E-state index in [1.54, 1.807) is 13.8 Å². The number of nitrogens with zero attached hydrogens (tertiary/aromatic N) is 1. The first kappa shape index (κ1) is 17.1. The smallest absolute Gasteiger partial charge is 0.310 e. The van der Waals surface area contributed by atoms with Crippen molar-refractivity contribution in [3.8, 4) is 0 Å². The van der Waals surface area contributed by atoms with E-state index in [4.69, 9.17) is 4.74 Å². The summed E-state index contributed by atoms with van der Waals surface area (Å²) in [6.45, 7) is 3.76. The van der Waals surface area contributed by atoms with E-state index in [-0.39, 0.29) is 31.1 Å². The Hall–Kier alpha value is -1.96. The number of aryl methyl sites for hydroxylation is 1. The SMILES string of the molecule is CCOC(=O)CCC(=O)Nc1nc(C)c(CC(=O)OC)s1. The molecule has 116 valence electrons. The van der Waals surface area contributed by atoms with Crippen LogP contribution in [0.1, 0.15) is 30.3 Å². The standard InChI is InChI=1S/C13H18N2O5S/c1-4-20-11(17)6-5-10(16)15-13-14-8(2)9(21-13)7-12(18)19-3/h4-7H2,1-3H3,(H,14,15,16). The van der Waals surface area contributed by atoms with Crippen LogP contribution in [-0.2, 0) is 30.3 Å². The van der Waals surface area contributed by atoms with Crippen molar-refractivity contribution in [2.75, 3.05) is 19.0 Å². The number of thiazole rings is 1. The minimum absolute atomic E-state index is 0.0268. The van der Waals surface area contributed by atoms with Crippen LogP contribution in [0.5, 0.6) is 0 Å². The summed E-state index contributed by atoms with van der Waals surface area (Å²) >= 11 is 1.22. The molecule has 8 heteroatoms. The summed E-state index contributed by atoms with van der Waals surface area (Å²) in [7, 11) is 1.32. The zero-order valence-electron chi connectivity index (χ0n) is 12.2. The molecule has 0 aliphatic heterocycles. The summed E-state index contributed by atoms with van der Waals surface area (Å²) in [4.78, 5) is 38.9. The molecule has 1 rings (SSSR count). The van der Waals surface area contributed by atoms with Gasteiger partial charge in [0, 0.05) is 11.3 Å². The molecule has 0 fully saturated rings. The van der Waals surface area contributed by atoms with Crippen LogP contribution in [0.3, 0.4) is 0 Å². The average molecular weight is 314 g/mol. The first-order chi connectivity index (χ1) is 9.96.